The zero-order valence-corrected chi connectivity index (χ0v) is 15.8. The van der Waals surface area contributed by atoms with Crippen molar-refractivity contribution < 1.29 is 14.1 Å². The van der Waals surface area contributed by atoms with Crippen LogP contribution in [0, 0.1) is 5.92 Å². The molecule has 9 nitrogen and oxygen atoms in total. The highest BCUT2D eigenvalue weighted by molar-refractivity contribution is 6.17. The third-order valence-corrected chi connectivity index (χ3v) is 5.98. The molecule has 9 heteroatoms. The fraction of sp³-hybridized carbons (Fsp3) is 0.500. The van der Waals surface area contributed by atoms with Gasteiger partial charge in [0.25, 0.3) is 17.8 Å². The van der Waals surface area contributed by atoms with Crippen molar-refractivity contribution in [2.24, 2.45) is 15.9 Å². The number of hydrogen-bond donors (Lipinski definition) is 1. The van der Waals surface area contributed by atoms with Crippen LogP contribution in [0.3, 0.4) is 0 Å². The third-order valence-electron chi connectivity index (χ3n) is 5.98. The molecule has 1 N–H and O–H groups in total. The van der Waals surface area contributed by atoms with Gasteiger partial charge in [0.2, 0.25) is 0 Å². The topological polar surface area (TPSA) is 115 Å². The molecule has 4 aliphatic rings. The summed E-state index contributed by atoms with van der Waals surface area (Å²) >= 11 is 0. The first-order chi connectivity index (χ1) is 14.2. The van der Waals surface area contributed by atoms with Crippen LogP contribution in [-0.2, 0) is 4.79 Å². The van der Waals surface area contributed by atoms with Crippen molar-refractivity contribution in [3.05, 3.63) is 29.3 Å². The molecule has 1 unspecified atom stereocenters. The average Bonchev–Trinajstić information content (AvgIpc) is 3.60. The standard InChI is InChI=1S/C20H20N6O3/c27-18-12-2-1-3-13(12)21-20(23-18)26-17(9-14(24-26)10-4-5-10)22-19(28)15-8-16(29-25-15)11-6-7-11/h8-12H,1-7H2,(H,22,28). The van der Waals surface area contributed by atoms with Crippen molar-refractivity contribution >= 4 is 29.3 Å². The van der Waals surface area contributed by atoms with Gasteiger partial charge in [-0.1, -0.05) is 5.16 Å². The molecule has 0 bridgehead atoms. The Balaban J connectivity index is 1.32. The van der Waals surface area contributed by atoms with Gasteiger partial charge >= 0.3 is 0 Å². The van der Waals surface area contributed by atoms with Crippen LogP contribution >= 0.6 is 0 Å². The van der Waals surface area contributed by atoms with Gasteiger partial charge < -0.3 is 9.84 Å². The molecule has 1 atom stereocenters. The van der Waals surface area contributed by atoms with Gasteiger partial charge in [-0.3, -0.25) is 9.59 Å². The van der Waals surface area contributed by atoms with Gasteiger partial charge in [0, 0.05) is 29.7 Å². The fourth-order valence-corrected chi connectivity index (χ4v) is 4.01. The molecule has 2 aromatic heterocycles. The first kappa shape index (κ1) is 16.8. The Bertz CT molecular complexity index is 1090. The Hall–Kier alpha value is -3.10. The molecule has 2 aromatic rings. The highest BCUT2D eigenvalue weighted by Crippen LogP contribution is 2.41. The number of amides is 2. The Morgan fingerprint density at radius 1 is 1.10 bits per heavy atom. The summed E-state index contributed by atoms with van der Waals surface area (Å²) in [6.07, 6.45) is 6.84. The van der Waals surface area contributed by atoms with E-state index in [4.69, 9.17) is 4.52 Å². The first-order valence-corrected chi connectivity index (χ1v) is 10.2. The van der Waals surface area contributed by atoms with E-state index in [2.05, 4.69) is 25.6 Å². The second kappa shape index (κ2) is 6.20. The van der Waals surface area contributed by atoms with Crippen LogP contribution in [0.5, 0.6) is 0 Å². The number of nitrogens with zero attached hydrogens (tertiary/aromatic N) is 5. The Morgan fingerprint density at radius 2 is 1.93 bits per heavy atom. The van der Waals surface area contributed by atoms with Gasteiger partial charge in [-0.2, -0.15) is 14.8 Å². The quantitative estimate of drug-likeness (QED) is 0.859. The summed E-state index contributed by atoms with van der Waals surface area (Å²) in [6.45, 7) is 0. The number of aromatic nitrogens is 3. The minimum absolute atomic E-state index is 0.172. The van der Waals surface area contributed by atoms with E-state index in [0.29, 0.717) is 17.7 Å². The number of anilines is 1. The van der Waals surface area contributed by atoms with Crippen molar-refractivity contribution in [3.8, 4) is 0 Å². The summed E-state index contributed by atoms with van der Waals surface area (Å²) in [7, 11) is 0. The lowest BCUT2D eigenvalue weighted by atomic mass is 10.1. The Labute approximate surface area is 166 Å². The fourth-order valence-electron chi connectivity index (χ4n) is 4.01. The van der Waals surface area contributed by atoms with E-state index in [0.717, 1.165) is 62.1 Å². The average molecular weight is 392 g/mol. The monoisotopic (exact) mass is 392 g/mol. The second-order valence-corrected chi connectivity index (χ2v) is 8.28. The maximum atomic E-state index is 12.7. The molecular formula is C20H20N6O3. The highest BCUT2D eigenvalue weighted by atomic mass is 16.5. The number of nitrogens with one attached hydrogen (secondary N) is 1. The van der Waals surface area contributed by atoms with Crippen LogP contribution in [0.2, 0.25) is 0 Å². The first-order valence-electron chi connectivity index (χ1n) is 10.2. The molecule has 148 valence electrons. The number of rotatable bonds is 4. The summed E-state index contributed by atoms with van der Waals surface area (Å²) in [6, 6.07) is 3.53. The predicted octanol–water partition coefficient (Wildman–Crippen LogP) is 2.86. The normalized spacial score (nSPS) is 23.6. The molecule has 0 aromatic carbocycles. The molecule has 29 heavy (non-hydrogen) atoms. The zero-order chi connectivity index (χ0) is 19.5. The van der Waals surface area contributed by atoms with E-state index < -0.39 is 0 Å². The van der Waals surface area contributed by atoms with Crippen molar-refractivity contribution in [2.45, 2.75) is 56.8 Å². The minimum Gasteiger partial charge on any atom is -0.360 e. The number of carbonyl (C=O) groups excluding carboxylic acids is 2. The van der Waals surface area contributed by atoms with E-state index in [-0.39, 0.29) is 29.4 Å². The lowest BCUT2D eigenvalue weighted by molar-refractivity contribution is -0.119. The largest absolute Gasteiger partial charge is 0.360 e. The number of carbonyl (C=O) groups is 2. The van der Waals surface area contributed by atoms with Gasteiger partial charge in [-0.05, 0) is 44.9 Å². The van der Waals surface area contributed by atoms with Gasteiger partial charge in [0.15, 0.2) is 5.69 Å². The van der Waals surface area contributed by atoms with Gasteiger partial charge in [-0.25, -0.2) is 4.99 Å². The van der Waals surface area contributed by atoms with Crippen LogP contribution in [0.4, 0.5) is 5.82 Å². The smallest absolute Gasteiger partial charge is 0.279 e. The Kier molecular flexibility index (Phi) is 3.60. The van der Waals surface area contributed by atoms with Crippen molar-refractivity contribution in [1.82, 2.24) is 14.9 Å². The lowest BCUT2D eigenvalue weighted by Gasteiger charge is -2.15. The van der Waals surface area contributed by atoms with E-state index in [1.807, 2.05) is 6.07 Å². The predicted molar refractivity (Wildman–Crippen MR) is 103 cm³/mol. The highest BCUT2D eigenvalue weighted by Gasteiger charge is 2.35. The molecule has 3 fully saturated rings. The van der Waals surface area contributed by atoms with E-state index in [9.17, 15) is 9.59 Å². The molecule has 3 aliphatic carbocycles. The molecule has 6 rings (SSSR count). The molecule has 0 radical (unpaired) electrons. The van der Waals surface area contributed by atoms with Crippen LogP contribution in [0.1, 0.15) is 78.7 Å². The molecule has 3 saturated carbocycles. The van der Waals surface area contributed by atoms with Gasteiger partial charge in [0.1, 0.15) is 11.6 Å². The lowest BCUT2D eigenvalue weighted by Crippen LogP contribution is -2.29. The summed E-state index contributed by atoms with van der Waals surface area (Å²) in [5, 5.41) is 11.4. The number of hydrogen-bond acceptors (Lipinski definition) is 6. The van der Waals surface area contributed by atoms with Crippen LogP contribution in [0.15, 0.2) is 26.6 Å². The van der Waals surface area contributed by atoms with Crippen molar-refractivity contribution in [1.29, 1.82) is 0 Å². The summed E-state index contributed by atoms with van der Waals surface area (Å²) < 4.78 is 6.76. The van der Waals surface area contributed by atoms with E-state index >= 15 is 0 Å². The molecule has 0 spiro atoms. The SMILES string of the molecule is O=C(Nc1cc(C2CC2)nn1C1=NC(=O)C2CCCC2=N1)c1cc(C2CC2)on1. The number of fused-ring (bicyclic) bond motifs is 1. The zero-order valence-electron chi connectivity index (χ0n) is 15.8. The minimum atomic E-state index is -0.377. The van der Waals surface area contributed by atoms with Crippen LogP contribution in [0.25, 0.3) is 0 Å². The third kappa shape index (κ3) is 3.01. The van der Waals surface area contributed by atoms with Crippen molar-refractivity contribution in [2.75, 3.05) is 5.32 Å². The van der Waals surface area contributed by atoms with Crippen molar-refractivity contribution in [3.63, 3.8) is 0 Å². The summed E-state index contributed by atoms with van der Waals surface area (Å²) in [4.78, 5) is 33.9. The van der Waals surface area contributed by atoms with E-state index in [1.165, 1.54) is 4.68 Å². The van der Waals surface area contributed by atoms with E-state index in [1.54, 1.807) is 6.07 Å². The maximum Gasteiger partial charge on any atom is 0.279 e. The Morgan fingerprint density at radius 3 is 2.72 bits per heavy atom. The summed E-state index contributed by atoms with van der Waals surface area (Å²) in [5.41, 5.74) is 1.98. The molecule has 3 heterocycles. The molecule has 0 saturated heterocycles. The molecular weight excluding hydrogens is 372 g/mol. The molecule has 1 aliphatic heterocycles. The van der Waals surface area contributed by atoms with Gasteiger partial charge in [-0.15, -0.1) is 0 Å². The van der Waals surface area contributed by atoms with Crippen LogP contribution in [-0.4, -0.2) is 38.4 Å². The number of aliphatic imine (C=N–C) groups is 2. The molecule has 2 amide bonds. The van der Waals surface area contributed by atoms with Gasteiger partial charge in [0.05, 0.1) is 11.6 Å². The summed E-state index contributed by atoms with van der Waals surface area (Å²) in [5.74, 6) is 1.45. The second-order valence-electron chi connectivity index (χ2n) is 8.28. The van der Waals surface area contributed by atoms with Crippen LogP contribution < -0.4 is 5.32 Å². The maximum absolute atomic E-state index is 12.7.